The van der Waals surface area contributed by atoms with Gasteiger partial charge < -0.3 is 4.90 Å². The minimum absolute atomic E-state index is 0.0358. The predicted molar refractivity (Wildman–Crippen MR) is 141 cm³/mol. The van der Waals surface area contributed by atoms with E-state index in [2.05, 4.69) is 19.2 Å². The van der Waals surface area contributed by atoms with E-state index in [9.17, 15) is 18.8 Å². The van der Waals surface area contributed by atoms with E-state index in [0.717, 1.165) is 5.56 Å². The molecule has 0 saturated carbocycles. The number of nitrogens with one attached hydrogen (secondary N) is 1. The van der Waals surface area contributed by atoms with E-state index in [1.807, 2.05) is 54.6 Å². The third-order valence-electron chi connectivity index (χ3n) is 8.15. The molecule has 4 atom stereocenters. The van der Waals surface area contributed by atoms with Crippen LogP contribution in [0.4, 0.5) is 10.1 Å². The minimum atomic E-state index is -1.38. The first-order valence-corrected chi connectivity index (χ1v) is 13.1. The summed E-state index contributed by atoms with van der Waals surface area (Å²) in [6.45, 7) is 4.35. The van der Waals surface area contributed by atoms with Crippen LogP contribution in [-0.4, -0.2) is 28.7 Å². The normalized spacial score (nSPS) is 26.1. The van der Waals surface area contributed by atoms with Crippen molar-refractivity contribution in [2.24, 2.45) is 17.8 Å². The monoisotopic (exact) mass is 511 g/mol. The molecular weight excluding hydrogens is 481 g/mol. The molecule has 0 unspecified atom stereocenters. The lowest BCUT2D eigenvalue weighted by molar-refractivity contribution is -0.143. The Labute approximate surface area is 221 Å². The molecule has 0 aliphatic carbocycles. The summed E-state index contributed by atoms with van der Waals surface area (Å²) in [5.41, 5.74) is 1.17. The molecule has 0 bridgehead atoms. The Morgan fingerprint density at radius 2 is 1.53 bits per heavy atom. The smallest absolute Gasteiger partial charge is 0.253 e. The number of fused-ring (bicyclic) bond motifs is 4. The zero-order chi connectivity index (χ0) is 26.6. The molecule has 2 fully saturated rings. The molecule has 1 spiro atoms. The summed E-state index contributed by atoms with van der Waals surface area (Å²) in [4.78, 5) is 45.3. The second-order valence-electron chi connectivity index (χ2n) is 10.9. The average Bonchev–Trinajstić information content (AvgIpc) is 3.45. The Balaban J connectivity index is 1.45. The number of imide groups is 1. The Bertz CT molecular complexity index is 1420. The van der Waals surface area contributed by atoms with E-state index < -0.39 is 23.2 Å². The first-order valence-electron chi connectivity index (χ1n) is 13.1. The van der Waals surface area contributed by atoms with E-state index in [4.69, 9.17) is 0 Å². The van der Waals surface area contributed by atoms with Gasteiger partial charge in [0, 0.05) is 22.9 Å². The number of hydrogen-bond acceptors (Lipinski definition) is 4. The summed E-state index contributed by atoms with van der Waals surface area (Å²) in [6.07, 6.45) is 0.643. The topological polar surface area (TPSA) is 69.7 Å². The number of hydrogen-bond donors (Lipinski definition) is 1. The number of para-hydroxylation sites is 1. The molecule has 2 saturated heterocycles. The summed E-state index contributed by atoms with van der Waals surface area (Å²) >= 11 is 0. The largest absolute Gasteiger partial charge is 0.306 e. The highest BCUT2D eigenvalue weighted by Crippen LogP contribution is 2.55. The molecule has 3 aromatic carbocycles. The third kappa shape index (κ3) is 3.60. The maximum absolute atomic E-state index is 14.6. The van der Waals surface area contributed by atoms with Gasteiger partial charge in [0.15, 0.2) is 0 Å². The first-order chi connectivity index (χ1) is 18.3. The fourth-order valence-corrected chi connectivity index (χ4v) is 6.59. The number of rotatable bonds is 6. The number of carbonyl (C=O) groups excluding carboxylic acids is 3. The van der Waals surface area contributed by atoms with E-state index in [0.29, 0.717) is 23.2 Å². The molecule has 3 heterocycles. The Hall–Kier alpha value is -3.84. The van der Waals surface area contributed by atoms with Gasteiger partial charge in [-0.2, -0.15) is 0 Å². The molecule has 7 heteroatoms. The van der Waals surface area contributed by atoms with Crippen LogP contribution >= 0.6 is 0 Å². The number of carbonyl (C=O) groups is 3. The highest BCUT2D eigenvalue weighted by Gasteiger charge is 2.71. The van der Waals surface area contributed by atoms with Gasteiger partial charge in [-0.15, -0.1) is 0 Å². The lowest BCUT2D eigenvalue weighted by atomic mass is 9.76. The highest BCUT2D eigenvalue weighted by atomic mass is 19.1. The van der Waals surface area contributed by atoms with Crippen LogP contribution in [0.1, 0.15) is 37.0 Å². The van der Waals surface area contributed by atoms with Gasteiger partial charge in [0.2, 0.25) is 11.8 Å². The van der Waals surface area contributed by atoms with Crippen LogP contribution in [0, 0.1) is 23.6 Å². The van der Waals surface area contributed by atoms with Crippen molar-refractivity contribution < 1.29 is 18.8 Å². The zero-order valence-corrected chi connectivity index (χ0v) is 21.4. The maximum atomic E-state index is 14.6. The van der Waals surface area contributed by atoms with Crippen molar-refractivity contribution in [3.05, 3.63) is 101 Å². The molecule has 3 aliphatic rings. The standard InChI is InChI=1S/C31H30FN3O3/c1-19(2)16-24-26-27(29(37)35(28(26)36)17-20-10-4-3-5-11-20)31(33-24)22-13-7-9-15-25(22)34(30(31)38)18-21-12-6-8-14-23(21)32/h3-15,19,24,26-27,33H,16-18H2,1-2H3/t24-,26-,27+,31-/m0/s1. The van der Waals surface area contributed by atoms with Crippen LogP contribution in [0.5, 0.6) is 0 Å². The average molecular weight is 512 g/mol. The predicted octanol–water partition coefficient (Wildman–Crippen LogP) is 4.39. The van der Waals surface area contributed by atoms with Gasteiger partial charge in [-0.1, -0.05) is 80.6 Å². The van der Waals surface area contributed by atoms with Crippen LogP contribution in [0.25, 0.3) is 0 Å². The molecule has 6 nitrogen and oxygen atoms in total. The Morgan fingerprint density at radius 1 is 0.842 bits per heavy atom. The fourth-order valence-electron chi connectivity index (χ4n) is 6.59. The molecule has 3 aliphatic heterocycles. The third-order valence-corrected chi connectivity index (χ3v) is 8.15. The van der Waals surface area contributed by atoms with E-state index in [1.165, 1.54) is 11.0 Å². The lowest BCUT2D eigenvalue weighted by Crippen LogP contribution is -2.55. The molecule has 1 N–H and O–H groups in total. The second-order valence-corrected chi connectivity index (χ2v) is 10.9. The number of likely N-dealkylation sites (tertiary alicyclic amines) is 1. The van der Waals surface area contributed by atoms with Crippen LogP contribution in [-0.2, 0) is 33.0 Å². The van der Waals surface area contributed by atoms with Crippen molar-refractivity contribution >= 4 is 23.4 Å². The van der Waals surface area contributed by atoms with Crippen LogP contribution in [0.3, 0.4) is 0 Å². The first kappa shape index (κ1) is 24.5. The highest BCUT2D eigenvalue weighted by molar-refractivity contribution is 6.16. The lowest BCUT2D eigenvalue weighted by Gasteiger charge is -2.31. The molecule has 6 rings (SSSR count). The van der Waals surface area contributed by atoms with Crippen LogP contribution in [0.2, 0.25) is 0 Å². The van der Waals surface area contributed by atoms with E-state index >= 15 is 0 Å². The van der Waals surface area contributed by atoms with Gasteiger partial charge in [0.25, 0.3) is 5.91 Å². The van der Waals surface area contributed by atoms with Crippen molar-refractivity contribution in [3.8, 4) is 0 Å². The van der Waals surface area contributed by atoms with Gasteiger partial charge >= 0.3 is 0 Å². The Morgan fingerprint density at radius 3 is 2.26 bits per heavy atom. The summed E-state index contributed by atoms with van der Waals surface area (Å²) in [6, 6.07) is 22.8. The number of halogens is 1. The SMILES string of the molecule is CC(C)C[C@@H]1N[C@]2(C(=O)N(Cc3ccccc3F)c3ccccc32)[C@H]2C(=O)N(Cc3ccccc3)C(=O)[C@@H]12. The van der Waals surface area contributed by atoms with Crippen LogP contribution in [0.15, 0.2) is 78.9 Å². The van der Waals surface area contributed by atoms with Gasteiger partial charge in [-0.25, -0.2) is 4.39 Å². The van der Waals surface area contributed by atoms with E-state index in [1.54, 1.807) is 23.1 Å². The number of nitrogens with zero attached hydrogens (tertiary/aromatic N) is 2. The molecule has 0 radical (unpaired) electrons. The summed E-state index contributed by atoms with van der Waals surface area (Å²) in [5.74, 6) is -2.56. The summed E-state index contributed by atoms with van der Waals surface area (Å²) in [5, 5.41) is 3.53. The maximum Gasteiger partial charge on any atom is 0.253 e. The number of amides is 3. The van der Waals surface area contributed by atoms with Crippen molar-refractivity contribution in [1.29, 1.82) is 0 Å². The molecule has 0 aromatic heterocycles. The molecule has 3 aromatic rings. The second kappa shape index (κ2) is 9.17. The van der Waals surface area contributed by atoms with E-state index in [-0.39, 0.29) is 42.8 Å². The van der Waals surface area contributed by atoms with Crippen molar-refractivity contribution in [2.45, 2.75) is 44.9 Å². The fraction of sp³-hybridized carbons (Fsp3) is 0.323. The van der Waals surface area contributed by atoms with Crippen molar-refractivity contribution in [3.63, 3.8) is 0 Å². The summed E-state index contributed by atoms with van der Waals surface area (Å²) in [7, 11) is 0. The molecule has 194 valence electrons. The zero-order valence-electron chi connectivity index (χ0n) is 21.4. The number of anilines is 1. The minimum Gasteiger partial charge on any atom is -0.306 e. The molecular formula is C31H30FN3O3. The van der Waals surface area contributed by atoms with Crippen molar-refractivity contribution in [1.82, 2.24) is 10.2 Å². The van der Waals surface area contributed by atoms with Gasteiger partial charge in [0.05, 0.1) is 24.9 Å². The molecule has 3 amide bonds. The summed E-state index contributed by atoms with van der Waals surface area (Å²) < 4.78 is 14.6. The Kier molecular flexibility index (Phi) is 5.91. The van der Waals surface area contributed by atoms with Crippen LogP contribution < -0.4 is 10.2 Å². The van der Waals surface area contributed by atoms with Gasteiger partial charge in [0.1, 0.15) is 11.4 Å². The van der Waals surface area contributed by atoms with Gasteiger partial charge in [-0.3, -0.25) is 24.6 Å². The number of benzene rings is 3. The van der Waals surface area contributed by atoms with Crippen molar-refractivity contribution in [2.75, 3.05) is 4.90 Å². The quantitative estimate of drug-likeness (QED) is 0.499. The molecule has 38 heavy (non-hydrogen) atoms. The van der Waals surface area contributed by atoms with Gasteiger partial charge in [-0.05, 0) is 30.0 Å².